The number of aliphatic hydroxyl groups is 2. The van der Waals surface area contributed by atoms with Gasteiger partial charge in [0.1, 0.15) is 0 Å². The standard InChI is InChI=1S/2C13H28O.2ClH.Ti/c2*1-10(2,3)13(14,11(4,5)6)12(7,8)9;;;/h2*14H,1-9H3;2*1H;/q;;;;+2/p-2. The molecule has 0 heterocycles. The third kappa shape index (κ3) is 8.74. The summed E-state index contributed by atoms with van der Waals surface area (Å²) in [7, 11) is 9.78. The number of hydrogen-bond acceptors (Lipinski definition) is 2. The molecule has 2 N–H and O–H groups in total. The van der Waals surface area contributed by atoms with Gasteiger partial charge in [-0.2, -0.15) is 0 Å². The first-order chi connectivity index (χ1) is 12.9. The van der Waals surface area contributed by atoms with Crippen LogP contribution in [0.3, 0.4) is 0 Å². The molecule has 5 heteroatoms. The number of hydrogen-bond donors (Lipinski definition) is 2. The molecule has 0 radical (unpaired) electrons. The zero-order valence-corrected chi connectivity index (χ0v) is 27.2. The van der Waals surface area contributed by atoms with Crippen molar-refractivity contribution in [3.8, 4) is 0 Å². The SMILES string of the molecule is CC(C)(C)C(O)(C(C)(C)C)C(C)(C)C.CC(C)(C)C(O)(C(C)(C)C)C(C)(C)C.[Cl][Ti][Cl]. The van der Waals surface area contributed by atoms with E-state index in [4.69, 9.17) is 18.6 Å². The van der Waals surface area contributed by atoms with Gasteiger partial charge in [0, 0.05) is 0 Å². The molecule has 0 saturated carbocycles. The van der Waals surface area contributed by atoms with Crippen LogP contribution in [-0.4, -0.2) is 21.4 Å². The molecule has 190 valence electrons. The Balaban J connectivity index is -0.000000448. The van der Waals surface area contributed by atoms with E-state index in [0.717, 1.165) is 0 Å². The van der Waals surface area contributed by atoms with Crippen LogP contribution in [0.5, 0.6) is 0 Å². The van der Waals surface area contributed by atoms with E-state index in [2.05, 4.69) is 125 Å². The first-order valence-corrected chi connectivity index (χ1v) is 15.6. The van der Waals surface area contributed by atoms with Crippen molar-refractivity contribution in [2.45, 2.75) is 136 Å². The van der Waals surface area contributed by atoms with Crippen LogP contribution in [0.1, 0.15) is 125 Å². The van der Waals surface area contributed by atoms with Gasteiger partial charge in [0.05, 0.1) is 11.2 Å². The molecule has 31 heavy (non-hydrogen) atoms. The molecule has 0 saturated heterocycles. The average molecular weight is 520 g/mol. The van der Waals surface area contributed by atoms with E-state index in [1.54, 1.807) is 0 Å². The Morgan fingerprint density at radius 2 is 0.419 bits per heavy atom. The van der Waals surface area contributed by atoms with Gasteiger partial charge < -0.3 is 10.2 Å². The van der Waals surface area contributed by atoms with Crippen LogP contribution in [0.4, 0.5) is 0 Å². The minimum atomic E-state index is -0.687. The Hall–Kier alpha value is 1.21. The first-order valence-electron chi connectivity index (χ1n) is 11.3. The molecule has 0 aliphatic rings. The predicted octanol–water partition coefficient (Wildman–Crippen LogP) is 9.09. The summed E-state index contributed by atoms with van der Waals surface area (Å²) in [6, 6.07) is 0. The molecule has 0 rings (SSSR count). The van der Waals surface area contributed by atoms with Gasteiger partial charge in [-0.15, -0.1) is 0 Å². The van der Waals surface area contributed by atoms with Gasteiger partial charge in [0.2, 0.25) is 0 Å². The third-order valence-corrected chi connectivity index (χ3v) is 6.51. The number of rotatable bonds is 0. The molecular formula is C26H56Cl2O2Ti. The Morgan fingerprint density at radius 1 is 0.355 bits per heavy atom. The van der Waals surface area contributed by atoms with Gasteiger partial charge in [-0.25, -0.2) is 0 Å². The second kappa shape index (κ2) is 11.3. The molecular weight excluding hydrogens is 463 g/mol. The molecule has 0 bridgehead atoms. The molecule has 0 aliphatic carbocycles. The summed E-state index contributed by atoms with van der Waals surface area (Å²) in [6.45, 7) is 38.1. The summed E-state index contributed by atoms with van der Waals surface area (Å²) in [6.07, 6.45) is 0. The predicted molar refractivity (Wildman–Crippen MR) is 138 cm³/mol. The minimum absolute atomic E-state index is 0.122. The van der Waals surface area contributed by atoms with Crippen LogP contribution < -0.4 is 0 Å². The Bertz CT molecular complexity index is 396. The zero-order valence-electron chi connectivity index (χ0n) is 24.2. The number of halogens is 2. The summed E-state index contributed by atoms with van der Waals surface area (Å²) >= 11 is -0.556. The average Bonchev–Trinajstić information content (AvgIpc) is 2.39. The van der Waals surface area contributed by atoms with Crippen molar-refractivity contribution in [1.29, 1.82) is 0 Å². The van der Waals surface area contributed by atoms with Crippen molar-refractivity contribution < 1.29 is 27.2 Å². The quantitative estimate of drug-likeness (QED) is 0.314. The zero-order chi connectivity index (χ0) is 26.7. The van der Waals surface area contributed by atoms with Crippen molar-refractivity contribution in [1.82, 2.24) is 0 Å². The molecule has 0 aromatic carbocycles. The van der Waals surface area contributed by atoms with Gasteiger partial charge in [-0.3, -0.25) is 0 Å². The summed E-state index contributed by atoms with van der Waals surface area (Å²) < 4.78 is 0. The van der Waals surface area contributed by atoms with E-state index in [1.165, 1.54) is 0 Å². The monoisotopic (exact) mass is 518 g/mol. The van der Waals surface area contributed by atoms with Crippen molar-refractivity contribution in [3.63, 3.8) is 0 Å². The summed E-state index contributed by atoms with van der Waals surface area (Å²) in [5.41, 5.74) is -2.10. The molecule has 0 aromatic rings. The van der Waals surface area contributed by atoms with E-state index in [-0.39, 0.29) is 32.5 Å². The molecule has 0 fully saturated rings. The topological polar surface area (TPSA) is 40.5 Å². The second-order valence-corrected chi connectivity index (χ2v) is 17.6. The van der Waals surface area contributed by atoms with Crippen LogP contribution in [0.15, 0.2) is 0 Å². The summed E-state index contributed by atoms with van der Waals surface area (Å²) in [5, 5.41) is 22.0. The molecule has 2 nitrogen and oxygen atoms in total. The van der Waals surface area contributed by atoms with Gasteiger partial charge >= 0.3 is 35.6 Å². The normalized spacial score (nSPS) is 14.8. The fourth-order valence-electron chi connectivity index (χ4n) is 6.75. The molecule has 0 amide bonds. The fraction of sp³-hybridized carbons (Fsp3) is 1.00. The molecule has 0 aromatic heterocycles. The van der Waals surface area contributed by atoms with E-state index in [0.29, 0.717) is 0 Å². The van der Waals surface area contributed by atoms with Crippen molar-refractivity contribution in [2.75, 3.05) is 0 Å². The van der Waals surface area contributed by atoms with Crippen LogP contribution in [0, 0.1) is 32.5 Å². The summed E-state index contributed by atoms with van der Waals surface area (Å²) in [4.78, 5) is 0. The maximum atomic E-state index is 11.0. The van der Waals surface area contributed by atoms with Crippen LogP contribution >= 0.6 is 18.6 Å². The van der Waals surface area contributed by atoms with Gasteiger partial charge in [-0.1, -0.05) is 125 Å². The first kappa shape index (κ1) is 36.8. The molecule has 0 atom stereocenters. The fourth-order valence-corrected chi connectivity index (χ4v) is 6.75. The van der Waals surface area contributed by atoms with Gasteiger partial charge in [-0.05, 0) is 32.5 Å². The van der Waals surface area contributed by atoms with Gasteiger partial charge in [0.15, 0.2) is 0 Å². The molecule has 0 spiro atoms. The van der Waals surface area contributed by atoms with E-state index in [1.807, 2.05) is 0 Å². The molecule has 0 unspecified atom stereocenters. The van der Waals surface area contributed by atoms with Crippen molar-refractivity contribution in [3.05, 3.63) is 0 Å². The van der Waals surface area contributed by atoms with E-state index >= 15 is 0 Å². The van der Waals surface area contributed by atoms with E-state index in [9.17, 15) is 10.2 Å². The second-order valence-electron chi connectivity index (χ2n) is 15.0. The van der Waals surface area contributed by atoms with Crippen LogP contribution in [0.2, 0.25) is 0 Å². The summed E-state index contributed by atoms with van der Waals surface area (Å²) in [5.74, 6) is 0. The Morgan fingerprint density at radius 3 is 0.419 bits per heavy atom. The van der Waals surface area contributed by atoms with Crippen molar-refractivity contribution >= 4 is 18.6 Å². The van der Waals surface area contributed by atoms with Crippen LogP contribution in [-0.2, 0) is 17.0 Å². The Labute approximate surface area is 213 Å². The Kier molecular flexibility index (Phi) is 13.4. The third-order valence-electron chi connectivity index (χ3n) is 6.51. The van der Waals surface area contributed by atoms with E-state index < -0.39 is 28.2 Å². The van der Waals surface area contributed by atoms with Crippen molar-refractivity contribution in [2.24, 2.45) is 32.5 Å². The maximum absolute atomic E-state index is 11.0. The molecule has 0 aliphatic heterocycles. The van der Waals surface area contributed by atoms with Crippen LogP contribution in [0.25, 0.3) is 0 Å². The van der Waals surface area contributed by atoms with Gasteiger partial charge in [0.25, 0.3) is 0 Å².